The second kappa shape index (κ2) is 7.90. The van der Waals surface area contributed by atoms with Gasteiger partial charge in [-0.1, -0.05) is 31.2 Å². The van der Waals surface area contributed by atoms with Gasteiger partial charge in [-0.15, -0.1) is 5.10 Å². The third kappa shape index (κ3) is 3.70. The number of piperidine rings is 1. The summed E-state index contributed by atoms with van der Waals surface area (Å²) in [6.07, 6.45) is 4.91. The lowest BCUT2D eigenvalue weighted by Crippen LogP contribution is -2.49. The largest absolute Gasteiger partial charge is 0.441 e. The van der Waals surface area contributed by atoms with Gasteiger partial charge in [-0.25, -0.2) is 4.79 Å². The highest BCUT2D eigenvalue weighted by Gasteiger charge is 2.48. The van der Waals surface area contributed by atoms with Crippen LogP contribution in [0.1, 0.15) is 68.2 Å². The first-order valence-corrected chi connectivity index (χ1v) is 10.4. The first kappa shape index (κ1) is 19.1. The fourth-order valence-corrected chi connectivity index (χ4v) is 4.53. The van der Waals surface area contributed by atoms with E-state index in [0.717, 1.165) is 31.4 Å². The molecular formula is C18H28N4O3S. The molecule has 26 heavy (non-hydrogen) atoms. The molecule has 8 heteroatoms. The van der Waals surface area contributed by atoms with Gasteiger partial charge in [0, 0.05) is 32.0 Å². The number of carbonyl (C=O) groups is 2. The predicted molar refractivity (Wildman–Crippen MR) is 99.3 cm³/mol. The summed E-state index contributed by atoms with van der Waals surface area (Å²) in [4.78, 5) is 29.5. The van der Waals surface area contributed by atoms with Gasteiger partial charge >= 0.3 is 6.09 Å². The van der Waals surface area contributed by atoms with Crippen molar-refractivity contribution in [3.05, 3.63) is 10.6 Å². The normalized spacial score (nSPS) is 20.5. The zero-order valence-electron chi connectivity index (χ0n) is 15.9. The number of nitrogens with zero attached hydrogens (tertiary/aromatic N) is 4. The molecular weight excluding hydrogens is 352 g/mol. The number of ether oxygens (including phenoxy) is 1. The van der Waals surface area contributed by atoms with Crippen molar-refractivity contribution < 1.29 is 14.3 Å². The quantitative estimate of drug-likeness (QED) is 0.758. The number of hydrogen-bond acceptors (Lipinski definition) is 6. The molecule has 0 unspecified atom stereocenters. The van der Waals surface area contributed by atoms with Crippen molar-refractivity contribution in [1.82, 2.24) is 19.4 Å². The van der Waals surface area contributed by atoms with Gasteiger partial charge in [-0.2, -0.15) is 0 Å². The maximum atomic E-state index is 12.8. The van der Waals surface area contributed by atoms with E-state index in [1.807, 2.05) is 9.80 Å². The maximum Gasteiger partial charge on any atom is 0.410 e. The Morgan fingerprint density at radius 3 is 2.69 bits per heavy atom. The first-order chi connectivity index (χ1) is 12.5. The zero-order chi connectivity index (χ0) is 18.7. The van der Waals surface area contributed by atoms with Gasteiger partial charge in [0.1, 0.15) is 10.5 Å². The number of hydrogen-bond donors (Lipinski definition) is 0. The van der Waals surface area contributed by atoms with Gasteiger partial charge in [-0.3, -0.25) is 4.79 Å². The molecule has 1 atom stereocenters. The van der Waals surface area contributed by atoms with Gasteiger partial charge < -0.3 is 14.5 Å². The van der Waals surface area contributed by atoms with Crippen LogP contribution in [-0.4, -0.2) is 62.7 Å². The number of amides is 2. The van der Waals surface area contributed by atoms with Crippen LogP contribution in [-0.2, 0) is 11.2 Å². The summed E-state index contributed by atoms with van der Waals surface area (Å²) in [7, 11) is 0. The number of rotatable bonds is 6. The lowest BCUT2D eigenvalue weighted by Gasteiger charge is -2.37. The lowest BCUT2D eigenvalue weighted by atomic mass is 9.90. The average molecular weight is 381 g/mol. The molecule has 1 aromatic heterocycles. The fraction of sp³-hybridized carbons (Fsp3) is 0.778. The number of carbonyl (C=O) groups excluding carboxylic acids is 2. The van der Waals surface area contributed by atoms with Crippen molar-refractivity contribution >= 4 is 23.5 Å². The van der Waals surface area contributed by atoms with Crippen LogP contribution in [0, 0.1) is 0 Å². The van der Waals surface area contributed by atoms with Crippen LogP contribution in [0.2, 0.25) is 0 Å². The van der Waals surface area contributed by atoms with E-state index in [2.05, 4.69) is 30.4 Å². The first-order valence-electron chi connectivity index (χ1n) is 9.59. The zero-order valence-corrected chi connectivity index (χ0v) is 16.7. The second-order valence-electron chi connectivity index (χ2n) is 7.41. The summed E-state index contributed by atoms with van der Waals surface area (Å²) in [6.45, 7) is 8.11. The van der Waals surface area contributed by atoms with Gasteiger partial charge in [0.25, 0.3) is 5.91 Å². The highest BCUT2D eigenvalue weighted by Crippen LogP contribution is 2.35. The monoisotopic (exact) mass is 380 g/mol. The Morgan fingerprint density at radius 1 is 1.31 bits per heavy atom. The van der Waals surface area contributed by atoms with Crippen molar-refractivity contribution in [1.29, 1.82) is 0 Å². The van der Waals surface area contributed by atoms with E-state index in [4.69, 9.17) is 4.74 Å². The van der Waals surface area contributed by atoms with Crippen LogP contribution in [0.25, 0.3) is 0 Å². The van der Waals surface area contributed by atoms with Crippen LogP contribution in [0.15, 0.2) is 0 Å². The summed E-state index contributed by atoms with van der Waals surface area (Å²) >= 11 is 1.18. The molecule has 2 amide bonds. The Kier molecular flexibility index (Phi) is 5.79. The predicted octanol–water partition coefficient (Wildman–Crippen LogP) is 3.11. The molecule has 2 fully saturated rings. The van der Waals surface area contributed by atoms with E-state index in [0.29, 0.717) is 37.4 Å². The summed E-state index contributed by atoms with van der Waals surface area (Å²) < 4.78 is 9.73. The minimum absolute atomic E-state index is 0.0128. The number of aryl methyl sites for hydroxylation is 1. The van der Waals surface area contributed by atoms with Crippen LogP contribution >= 0.6 is 11.5 Å². The van der Waals surface area contributed by atoms with E-state index in [1.54, 1.807) is 0 Å². The Labute approximate surface area is 158 Å². The van der Waals surface area contributed by atoms with Crippen molar-refractivity contribution in [3.8, 4) is 0 Å². The van der Waals surface area contributed by atoms with Crippen molar-refractivity contribution in [2.75, 3.05) is 19.6 Å². The van der Waals surface area contributed by atoms with E-state index >= 15 is 0 Å². The van der Waals surface area contributed by atoms with Crippen molar-refractivity contribution in [2.45, 2.75) is 70.9 Å². The van der Waals surface area contributed by atoms with Gasteiger partial charge in [0.05, 0.1) is 12.2 Å². The summed E-state index contributed by atoms with van der Waals surface area (Å²) in [5.41, 5.74) is 0.364. The molecule has 2 saturated heterocycles. The van der Waals surface area contributed by atoms with E-state index in [9.17, 15) is 9.59 Å². The number of aromatic nitrogens is 2. The summed E-state index contributed by atoms with van der Waals surface area (Å²) in [5.74, 6) is 0.0128. The molecule has 144 valence electrons. The molecule has 1 aromatic rings. The molecule has 1 spiro atoms. The molecule has 0 N–H and O–H groups in total. The standard InChI is InChI=1S/C18H28N4O3S/c1-4-6-13(3)22-12-18(25-17(22)24)8-10-21(11-9-18)16(23)15-14(7-5-2)19-20-26-15/h13H,4-12H2,1-3H3/t13-/m1/s1. The molecule has 0 saturated carbocycles. The molecule has 0 aliphatic carbocycles. The molecule has 7 nitrogen and oxygen atoms in total. The van der Waals surface area contributed by atoms with Crippen molar-refractivity contribution in [3.63, 3.8) is 0 Å². The highest BCUT2D eigenvalue weighted by atomic mass is 32.1. The summed E-state index contributed by atoms with van der Waals surface area (Å²) in [5, 5.41) is 4.09. The molecule has 0 aromatic carbocycles. The van der Waals surface area contributed by atoms with Gasteiger partial charge in [0.15, 0.2) is 0 Å². The van der Waals surface area contributed by atoms with Crippen LogP contribution in [0.4, 0.5) is 4.79 Å². The van der Waals surface area contributed by atoms with E-state index < -0.39 is 5.60 Å². The second-order valence-corrected chi connectivity index (χ2v) is 8.16. The summed E-state index contributed by atoms with van der Waals surface area (Å²) in [6, 6.07) is 0.200. The van der Waals surface area contributed by atoms with Gasteiger partial charge in [-0.05, 0) is 31.3 Å². The van der Waals surface area contributed by atoms with E-state index in [1.165, 1.54) is 11.5 Å². The lowest BCUT2D eigenvalue weighted by molar-refractivity contribution is 0.00318. The van der Waals surface area contributed by atoms with Crippen molar-refractivity contribution in [2.24, 2.45) is 0 Å². The third-order valence-corrected chi connectivity index (χ3v) is 6.19. The Hall–Kier alpha value is -1.70. The molecule has 3 rings (SSSR count). The van der Waals surface area contributed by atoms with Crippen LogP contribution in [0.5, 0.6) is 0 Å². The third-order valence-electron chi connectivity index (χ3n) is 5.43. The Balaban J connectivity index is 1.61. The maximum absolute atomic E-state index is 12.8. The highest BCUT2D eigenvalue weighted by molar-refractivity contribution is 7.08. The molecule has 3 heterocycles. The Morgan fingerprint density at radius 2 is 2.04 bits per heavy atom. The minimum Gasteiger partial charge on any atom is -0.441 e. The molecule has 0 radical (unpaired) electrons. The van der Waals surface area contributed by atoms with E-state index in [-0.39, 0.29) is 18.0 Å². The van der Waals surface area contributed by atoms with Crippen LogP contribution < -0.4 is 0 Å². The minimum atomic E-state index is -0.436. The van der Waals surface area contributed by atoms with Crippen LogP contribution in [0.3, 0.4) is 0 Å². The Bertz CT molecular complexity index is 655. The topological polar surface area (TPSA) is 75.6 Å². The molecule has 2 aliphatic rings. The smallest absolute Gasteiger partial charge is 0.410 e. The van der Waals surface area contributed by atoms with Gasteiger partial charge in [0.2, 0.25) is 0 Å². The average Bonchev–Trinajstić information content (AvgIpc) is 3.20. The molecule has 2 aliphatic heterocycles. The molecule has 0 bridgehead atoms. The fourth-order valence-electron chi connectivity index (χ4n) is 3.85. The number of likely N-dealkylation sites (tertiary alicyclic amines) is 1. The SMILES string of the molecule is CCCc1nnsc1C(=O)N1CCC2(CC1)CN([C@H](C)CCC)C(=O)O2.